The number of nitrogens with zero attached hydrogens (tertiary/aromatic N) is 3. The molecule has 2 aliphatic heterocycles. The molecule has 34 heteroatoms. The van der Waals surface area contributed by atoms with E-state index in [1.54, 1.807) is 13.8 Å². The third kappa shape index (κ3) is 15.9. The van der Waals surface area contributed by atoms with Gasteiger partial charge >= 0.3 is 24.4 Å². The van der Waals surface area contributed by atoms with E-state index in [1.807, 2.05) is 10.6 Å². The summed E-state index contributed by atoms with van der Waals surface area (Å²) < 4.78 is 85.2. The van der Waals surface area contributed by atoms with Gasteiger partial charge < -0.3 is 26.3 Å². The molecule has 12 nitrogen and oxygen atoms in total. The number of hydrogen-bond donors (Lipinski definition) is 5. The highest BCUT2D eigenvalue weighted by Crippen LogP contribution is 2.47. The van der Waals surface area contributed by atoms with Gasteiger partial charge in [0.05, 0.1) is 19.2 Å². The number of aromatic nitrogens is 4. The van der Waals surface area contributed by atoms with Crippen molar-refractivity contribution in [1.82, 2.24) is 30.2 Å². The highest BCUT2D eigenvalue weighted by molar-refractivity contribution is 8.07. The Balaban J connectivity index is 0.000000238. The number of fused-ring (bicyclic) bond motifs is 2. The number of hydrogen-bond acceptors (Lipinski definition) is 6. The molecule has 0 bridgehead atoms. The van der Waals surface area contributed by atoms with Crippen LogP contribution in [0.3, 0.4) is 0 Å². The van der Waals surface area contributed by atoms with Gasteiger partial charge in [0.25, 0.3) is 11.1 Å². The average Bonchev–Trinajstić information content (AvgIpc) is 4.24. The highest BCUT2D eigenvalue weighted by Gasteiger charge is 2.61. The lowest BCUT2D eigenvalue weighted by Gasteiger charge is -2.37. The first kappa shape index (κ1) is 62.7. The topological polar surface area (TPSA) is 163 Å². The molecular formula is C41H37B13Cl3F6N8O4. The highest BCUT2D eigenvalue weighted by atomic mass is 35.5. The minimum atomic E-state index is -4.87. The number of nitrogens with one attached hydrogen (secondary N) is 5. The Labute approximate surface area is 457 Å². The first-order valence-corrected chi connectivity index (χ1v) is 23.6. The molecule has 8 rings (SSSR count). The summed E-state index contributed by atoms with van der Waals surface area (Å²) in [5.74, 6) is 9.59. The summed E-state index contributed by atoms with van der Waals surface area (Å²) in [5, 5.41) is 8.74. The maximum Gasteiger partial charge on any atom is 0.427 e. The summed E-state index contributed by atoms with van der Waals surface area (Å²) in [6, 6.07) is 5.77. The Hall–Kier alpha value is -4.85. The molecule has 4 aromatic rings. The average molecular weight is 1070 g/mol. The number of H-pyrrole nitrogens is 1. The van der Waals surface area contributed by atoms with Gasteiger partial charge in [-0.1, -0.05) is 54.3 Å². The molecule has 2 unspecified atom stereocenters. The maximum atomic E-state index is 14.1. The zero-order chi connectivity index (χ0) is 55.1. The van der Waals surface area contributed by atoms with Crippen LogP contribution in [0, 0.1) is 49.4 Å². The fraction of sp³-hybridized carbons (Fsp3) is 0.366. The minimum Gasteiger partial charge on any atom is -0.313 e. The Bertz CT molecular complexity index is 2970. The van der Waals surface area contributed by atoms with Crippen molar-refractivity contribution in [3.8, 4) is 23.7 Å². The summed E-state index contributed by atoms with van der Waals surface area (Å²) in [6.45, 7) is 3.42. The first-order valence-electron chi connectivity index (χ1n) is 22.3. The minimum absolute atomic E-state index is 0. The van der Waals surface area contributed by atoms with E-state index in [9.17, 15) is 45.5 Å². The van der Waals surface area contributed by atoms with Gasteiger partial charge in [-0.25, -0.2) is 19.6 Å². The van der Waals surface area contributed by atoms with Gasteiger partial charge in [-0.15, -0.1) is 11.6 Å². The predicted molar refractivity (Wildman–Crippen MR) is 297 cm³/mol. The lowest BCUT2D eigenvalue weighted by molar-refractivity contribution is -0.179. The number of carbonyl (C=O) groups excluding carboxylic acids is 2. The van der Waals surface area contributed by atoms with Gasteiger partial charge in [-0.2, -0.15) is 26.3 Å². The predicted octanol–water partition coefficient (Wildman–Crippen LogP) is 3.71. The number of aryl methyl sites for hydroxylation is 2. The quantitative estimate of drug-likeness (QED) is 0.0783. The van der Waals surface area contributed by atoms with Crippen molar-refractivity contribution in [2.75, 3.05) is 10.6 Å². The molecule has 367 valence electrons. The number of urea groups is 2. The number of benzene rings is 2. The molecule has 2 aliphatic carbocycles. The molecular weight excluding hydrogens is 1030 g/mol. The van der Waals surface area contributed by atoms with Crippen molar-refractivity contribution in [3.63, 3.8) is 0 Å². The molecule has 2 aromatic carbocycles. The van der Waals surface area contributed by atoms with Crippen LogP contribution in [0.15, 0.2) is 58.6 Å². The van der Waals surface area contributed by atoms with Gasteiger partial charge in [0.15, 0.2) is 0 Å². The number of rotatable bonds is 8. The van der Waals surface area contributed by atoms with E-state index in [-0.39, 0.29) is 81.7 Å². The van der Waals surface area contributed by atoms with Crippen molar-refractivity contribution in [3.05, 3.63) is 113 Å². The fourth-order valence-electron chi connectivity index (χ4n) is 7.30. The third-order valence-corrected chi connectivity index (χ3v) is 12.5. The first-order chi connectivity index (χ1) is 34.6. The SMILES string of the molecule is C.Cc1cc(=O)[nH]cn1.Cc1cc(=O)n(Cc2cc3c(cc2Cl)C(C#CC2CC2)(C(F)(F)F)NC(=O)N3)cn1.O=C1Nc2cc(CCl)c(Cl)cc2C(C#CC2CC2)(C(F)(F)F)N1.[B][B]B(B([B])[B])B(B([B])[B])B([B])[B]. The monoisotopic (exact) mass is 1070 g/mol. The molecule has 4 amide bonds. The van der Waals surface area contributed by atoms with Gasteiger partial charge in [0.2, 0.25) is 11.1 Å². The van der Waals surface area contributed by atoms with Crippen LogP contribution < -0.4 is 32.4 Å². The number of amides is 4. The molecule has 0 spiro atoms. The van der Waals surface area contributed by atoms with Crippen LogP contribution in [-0.4, -0.2) is 137 Å². The van der Waals surface area contributed by atoms with Gasteiger partial charge in [0.1, 0.15) is 0 Å². The Morgan fingerprint density at radius 2 is 1.17 bits per heavy atom. The molecule has 75 heavy (non-hydrogen) atoms. The molecule has 5 N–H and O–H groups in total. The summed E-state index contributed by atoms with van der Waals surface area (Å²) in [7, 11) is 39.5. The number of carbonyl (C=O) groups is 2. The van der Waals surface area contributed by atoms with E-state index < -0.39 is 61.0 Å². The van der Waals surface area contributed by atoms with E-state index in [1.165, 1.54) is 48.5 Å². The summed E-state index contributed by atoms with van der Waals surface area (Å²) in [4.78, 5) is 56.6. The third-order valence-electron chi connectivity index (χ3n) is 11.5. The Kier molecular flexibility index (Phi) is 21.7. The Morgan fingerprint density at radius 3 is 1.52 bits per heavy atom. The molecule has 15 radical (unpaired) electrons. The summed E-state index contributed by atoms with van der Waals surface area (Å²) in [5.41, 5.74) is -4.56. The van der Waals surface area contributed by atoms with E-state index in [0.29, 0.717) is 16.8 Å². The van der Waals surface area contributed by atoms with Crippen molar-refractivity contribution in [2.24, 2.45) is 11.8 Å². The van der Waals surface area contributed by atoms with Gasteiger partial charge in [-0.05, 0) is 74.9 Å². The molecule has 2 aromatic heterocycles. The van der Waals surface area contributed by atoms with Crippen molar-refractivity contribution in [2.45, 2.75) is 82.8 Å². The second kappa shape index (κ2) is 26.0. The van der Waals surface area contributed by atoms with Crippen LogP contribution in [0.5, 0.6) is 0 Å². The van der Waals surface area contributed by atoms with Crippen molar-refractivity contribution < 1.29 is 35.9 Å². The zero-order valence-electron chi connectivity index (χ0n) is 39.4. The second-order valence-electron chi connectivity index (χ2n) is 17.5. The van der Waals surface area contributed by atoms with Gasteiger partial charge in [0, 0.05) is 167 Å². The number of halogens is 9. The van der Waals surface area contributed by atoms with E-state index in [4.69, 9.17) is 89.0 Å². The fourth-order valence-corrected chi connectivity index (χ4v) is 8.04. The van der Waals surface area contributed by atoms with E-state index >= 15 is 0 Å². The second-order valence-corrected chi connectivity index (χ2v) is 18.6. The van der Waals surface area contributed by atoms with E-state index in [0.717, 1.165) is 43.5 Å². The smallest absolute Gasteiger partial charge is 0.313 e. The number of anilines is 2. The molecule has 4 heterocycles. The summed E-state index contributed by atoms with van der Waals surface area (Å²) in [6.07, 6.45) is -6.82. The molecule has 2 fully saturated rings. The van der Waals surface area contributed by atoms with Crippen molar-refractivity contribution in [1.29, 1.82) is 0 Å². The lowest BCUT2D eigenvalue weighted by Crippen LogP contribution is -2.69. The molecule has 0 saturated heterocycles. The molecule has 2 saturated carbocycles. The van der Waals surface area contributed by atoms with Crippen LogP contribution in [0.4, 0.5) is 47.3 Å². The largest absolute Gasteiger partial charge is 0.427 e. The normalized spacial score (nSPS) is 17.8. The lowest BCUT2D eigenvalue weighted by atomic mass is 8.50. The van der Waals surface area contributed by atoms with E-state index in [2.05, 4.69) is 49.3 Å². The van der Waals surface area contributed by atoms with Crippen LogP contribution in [-0.2, 0) is 23.5 Å². The molecule has 2 atom stereocenters. The van der Waals surface area contributed by atoms with Crippen LogP contribution >= 0.6 is 34.8 Å². The maximum absolute atomic E-state index is 14.1. The summed E-state index contributed by atoms with van der Waals surface area (Å²) >= 11 is 18.0. The Morgan fingerprint density at radius 1 is 0.720 bits per heavy atom. The van der Waals surface area contributed by atoms with Crippen LogP contribution in [0.25, 0.3) is 0 Å². The number of alkyl halides is 7. The molecule has 4 aliphatic rings. The van der Waals surface area contributed by atoms with Crippen LogP contribution in [0.1, 0.15) is 66.8 Å². The zero-order valence-corrected chi connectivity index (χ0v) is 41.7. The van der Waals surface area contributed by atoms with Gasteiger partial charge in [-0.3, -0.25) is 14.2 Å². The number of aromatic amines is 1. The standard InChI is InChI=1S/C20H16ClF3N4O2.C15H11Cl2F3N2O.C5H6N2O.CH4.B13/c1-11-6-17(29)28(10-25-11)9-13-7-16-14(8-15(13)21)19(20(22,23)24,27-18(30)26-16)5-4-12-2-3-12;16-7-9-5-12-10(6-11(9)17)14(15(18,19)20,22-13(23)21-12)4-3-8-1-2-8;1-4-2-5(8)7-3-6-4;;1-8-12(9(2)3)13(10(4)5)11(6)7/h6-8,10,12H,2-3,9H2,1H3,(H2,26,27,30);5-6,8H,1-2,7H2,(H2,21,22,23);2-3H,1H3,(H,6,7,8);1H4;. The van der Waals surface area contributed by atoms with Crippen molar-refractivity contribution >= 4 is 151 Å². The van der Waals surface area contributed by atoms with Crippen LogP contribution in [0.2, 0.25) is 10.0 Å².